The molecule has 1 aromatic heterocycles. The number of carbonyl (C=O) groups is 2. The van der Waals surface area contributed by atoms with E-state index < -0.39 is 6.04 Å². The van der Waals surface area contributed by atoms with E-state index in [1.165, 1.54) is 0 Å². The van der Waals surface area contributed by atoms with Gasteiger partial charge in [0.25, 0.3) is 5.91 Å². The fourth-order valence-corrected chi connectivity index (χ4v) is 2.26. The Bertz CT molecular complexity index is 661. The molecule has 0 fully saturated rings. The summed E-state index contributed by atoms with van der Waals surface area (Å²) in [4.78, 5) is 24.2. The van der Waals surface area contributed by atoms with E-state index in [4.69, 9.17) is 0 Å². The molecule has 2 N–H and O–H groups in total. The van der Waals surface area contributed by atoms with E-state index >= 15 is 0 Å². The normalized spacial score (nSPS) is 12.1. The average Bonchev–Trinajstić information content (AvgIpc) is 2.82. The van der Waals surface area contributed by atoms with Crippen LogP contribution in [0.1, 0.15) is 30.6 Å². The van der Waals surface area contributed by atoms with Crippen molar-refractivity contribution in [2.75, 3.05) is 6.54 Å². The van der Waals surface area contributed by atoms with Gasteiger partial charge < -0.3 is 15.2 Å². The first-order valence-electron chi connectivity index (χ1n) is 7.17. The maximum absolute atomic E-state index is 12.4. The predicted molar refractivity (Wildman–Crippen MR) is 83.1 cm³/mol. The van der Waals surface area contributed by atoms with E-state index in [0.29, 0.717) is 12.1 Å². The van der Waals surface area contributed by atoms with Gasteiger partial charge in [-0.05, 0) is 19.4 Å². The number of benzene rings is 1. The van der Waals surface area contributed by atoms with Crippen LogP contribution in [0.25, 0.3) is 10.9 Å². The number of nitrogens with zero attached hydrogens (tertiary/aromatic N) is 1. The minimum absolute atomic E-state index is 0.162. The summed E-state index contributed by atoms with van der Waals surface area (Å²) in [6, 6.07) is 7.15. The van der Waals surface area contributed by atoms with Gasteiger partial charge >= 0.3 is 0 Å². The minimum Gasteiger partial charge on any atom is -0.354 e. The van der Waals surface area contributed by atoms with Crippen molar-refractivity contribution in [2.45, 2.75) is 26.3 Å². The summed E-state index contributed by atoms with van der Waals surface area (Å²) in [5.74, 6) is -0.392. The molecular formula is C16H21N3O2. The molecule has 0 spiro atoms. The summed E-state index contributed by atoms with van der Waals surface area (Å²) >= 11 is 0. The van der Waals surface area contributed by atoms with Crippen molar-refractivity contribution >= 4 is 22.7 Å². The molecule has 5 nitrogen and oxygen atoms in total. The van der Waals surface area contributed by atoms with Gasteiger partial charge in [0, 0.05) is 30.7 Å². The third kappa shape index (κ3) is 3.24. The highest BCUT2D eigenvalue weighted by Crippen LogP contribution is 2.20. The zero-order valence-corrected chi connectivity index (χ0v) is 12.6. The lowest BCUT2D eigenvalue weighted by Crippen LogP contribution is -2.44. The molecule has 21 heavy (non-hydrogen) atoms. The largest absolute Gasteiger partial charge is 0.354 e. The van der Waals surface area contributed by atoms with E-state index in [1.54, 1.807) is 13.1 Å². The molecular weight excluding hydrogens is 266 g/mol. The number of amides is 2. The first kappa shape index (κ1) is 15.1. The highest BCUT2D eigenvalue weighted by atomic mass is 16.2. The van der Waals surface area contributed by atoms with E-state index in [1.807, 2.05) is 42.8 Å². The number of rotatable bonds is 5. The summed E-state index contributed by atoms with van der Waals surface area (Å²) in [7, 11) is 1.90. The highest BCUT2D eigenvalue weighted by molar-refractivity contribution is 6.08. The molecule has 2 aromatic rings. The van der Waals surface area contributed by atoms with E-state index in [0.717, 1.165) is 17.3 Å². The van der Waals surface area contributed by atoms with Gasteiger partial charge in [0.1, 0.15) is 6.04 Å². The molecule has 1 atom stereocenters. The number of hydrogen-bond acceptors (Lipinski definition) is 2. The third-order valence-corrected chi connectivity index (χ3v) is 3.43. The van der Waals surface area contributed by atoms with Crippen LogP contribution in [0.15, 0.2) is 30.5 Å². The molecule has 0 aliphatic heterocycles. The molecule has 2 amide bonds. The number of aryl methyl sites for hydroxylation is 1. The smallest absolute Gasteiger partial charge is 0.254 e. The number of hydrogen-bond donors (Lipinski definition) is 2. The Hall–Kier alpha value is -2.30. The van der Waals surface area contributed by atoms with Crippen molar-refractivity contribution in [1.82, 2.24) is 15.2 Å². The SMILES string of the molecule is CCCNC(=O)[C@@H](C)NC(=O)c1cn(C)c2ccccc12. The van der Waals surface area contributed by atoms with Crippen molar-refractivity contribution in [1.29, 1.82) is 0 Å². The van der Waals surface area contributed by atoms with Gasteiger partial charge in [0.05, 0.1) is 5.56 Å². The third-order valence-electron chi connectivity index (χ3n) is 3.43. The zero-order valence-electron chi connectivity index (χ0n) is 12.6. The van der Waals surface area contributed by atoms with Crippen LogP contribution in [-0.4, -0.2) is 29.0 Å². The fraction of sp³-hybridized carbons (Fsp3) is 0.375. The maximum Gasteiger partial charge on any atom is 0.254 e. The standard InChI is InChI=1S/C16H21N3O2/c1-4-9-17-15(20)11(2)18-16(21)13-10-19(3)14-8-6-5-7-12(13)14/h5-8,10-11H,4,9H2,1-3H3,(H,17,20)(H,18,21)/t11-/m1/s1. The lowest BCUT2D eigenvalue weighted by molar-refractivity contribution is -0.122. The number of aromatic nitrogens is 1. The Morgan fingerprint density at radius 2 is 2.00 bits per heavy atom. The van der Waals surface area contributed by atoms with Crippen LogP contribution in [0.5, 0.6) is 0 Å². The second kappa shape index (κ2) is 6.43. The van der Waals surface area contributed by atoms with Crippen molar-refractivity contribution in [3.05, 3.63) is 36.0 Å². The second-order valence-electron chi connectivity index (χ2n) is 5.16. The van der Waals surface area contributed by atoms with Gasteiger partial charge in [-0.2, -0.15) is 0 Å². The Balaban J connectivity index is 2.14. The summed E-state index contributed by atoms with van der Waals surface area (Å²) in [5, 5.41) is 6.41. The molecule has 112 valence electrons. The maximum atomic E-state index is 12.4. The minimum atomic E-state index is -0.553. The molecule has 0 saturated carbocycles. The second-order valence-corrected chi connectivity index (χ2v) is 5.16. The Morgan fingerprint density at radius 3 is 2.71 bits per heavy atom. The number of carbonyl (C=O) groups excluding carboxylic acids is 2. The van der Waals surface area contributed by atoms with Crippen molar-refractivity contribution in [3.63, 3.8) is 0 Å². The van der Waals surface area contributed by atoms with Crippen LogP contribution in [0.2, 0.25) is 0 Å². The Labute approximate surface area is 124 Å². The number of nitrogens with one attached hydrogen (secondary N) is 2. The highest BCUT2D eigenvalue weighted by Gasteiger charge is 2.19. The first-order valence-corrected chi connectivity index (χ1v) is 7.17. The lowest BCUT2D eigenvalue weighted by Gasteiger charge is -2.13. The van der Waals surface area contributed by atoms with Crippen LogP contribution < -0.4 is 10.6 Å². The zero-order chi connectivity index (χ0) is 15.4. The van der Waals surface area contributed by atoms with Gasteiger partial charge in [0.15, 0.2) is 0 Å². The topological polar surface area (TPSA) is 63.1 Å². The molecule has 0 saturated heterocycles. The Morgan fingerprint density at radius 1 is 1.29 bits per heavy atom. The van der Waals surface area contributed by atoms with Crippen LogP contribution >= 0.6 is 0 Å². The lowest BCUT2D eigenvalue weighted by atomic mass is 10.1. The van der Waals surface area contributed by atoms with Crippen molar-refractivity contribution < 1.29 is 9.59 Å². The molecule has 0 aliphatic rings. The molecule has 0 radical (unpaired) electrons. The van der Waals surface area contributed by atoms with Crippen molar-refractivity contribution in [3.8, 4) is 0 Å². The summed E-state index contributed by atoms with van der Waals surface area (Å²) in [6.45, 7) is 4.29. The number of para-hydroxylation sites is 1. The number of fused-ring (bicyclic) bond motifs is 1. The van der Waals surface area contributed by atoms with Crippen LogP contribution in [0.4, 0.5) is 0 Å². The van der Waals surface area contributed by atoms with Crippen LogP contribution in [0, 0.1) is 0 Å². The van der Waals surface area contributed by atoms with Crippen LogP contribution in [0.3, 0.4) is 0 Å². The monoisotopic (exact) mass is 287 g/mol. The van der Waals surface area contributed by atoms with Gasteiger partial charge in [0.2, 0.25) is 5.91 Å². The summed E-state index contributed by atoms with van der Waals surface area (Å²) in [6.07, 6.45) is 2.66. The van der Waals surface area contributed by atoms with Crippen molar-refractivity contribution in [2.24, 2.45) is 7.05 Å². The summed E-state index contributed by atoms with van der Waals surface area (Å²) in [5.41, 5.74) is 1.58. The van der Waals surface area contributed by atoms with Gasteiger partial charge in [-0.25, -0.2) is 0 Å². The average molecular weight is 287 g/mol. The molecule has 0 unspecified atom stereocenters. The fourth-order valence-electron chi connectivity index (χ4n) is 2.26. The molecule has 5 heteroatoms. The van der Waals surface area contributed by atoms with E-state index in [-0.39, 0.29) is 11.8 Å². The Kier molecular flexibility index (Phi) is 4.62. The van der Waals surface area contributed by atoms with E-state index in [2.05, 4.69) is 10.6 Å². The van der Waals surface area contributed by atoms with Gasteiger partial charge in [-0.1, -0.05) is 25.1 Å². The molecule has 0 aliphatic carbocycles. The molecule has 0 bridgehead atoms. The predicted octanol–water partition coefficient (Wildman–Crippen LogP) is 1.82. The van der Waals surface area contributed by atoms with Gasteiger partial charge in [-0.3, -0.25) is 9.59 Å². The van der Waals surface area contributed by atoms with Crippen LogP contribution in [-0.2, 0) is 11.8 Å². The molecule has 1 aromatic carbocycles. The first-order chi connectivity index (χ1) is 10.0. The quantitative estimate of drug-likeness (QED) is 0.881. The molecule has 1 heterocycles. The van der Waals surface area contributed by atoms with Gasteiger partial charge in [-0.15, -0.1) is 0 Å². The molecule has 2 rings (SSSR count). The summed E-state index contributed by atoms with van der Waals surface area (Å²) < 4.78 is 1.91. The van der Waals surface area contributed by atoms with E-state index in [9.17, 15) is 9.59 Å².